The minimum absolute atomic E-state index is 0.699. The molecule has 4 heteroatoms. The van der Waals surface area contributed by atoms with E-state index < -0.39 is 0 Å². The molecule has 0 rings (SSSR count). The molecule has 4 nitrogen and oxygen atoms in total. The van der Waals surface area contributed by atoms with Crippen LogP contribution in [0.25, 0.3) is 0 Å². The number of nitrogens with two attached hydrogens (primary N) is 1. The van der Waals surface area contributed by atoms with E-state index in [9.17, 15) is 0 Å². The molecule has 0 aliphatic rings. The van der Waals surface area contributed by atoms with Crippen LogP contribution in [0, 0.1) is 0 Å². The fourth-order valence-electron chi connectivity index (χ4n) is 0.715. The zero-order chi connectivity index (χ0) is 9.23. The molecule has 0 aliphatic heterocycles. The van der Waals surface area contributed by atoms with Crippen molar-refractivity contribution in [1.29, 1.82) is 0 Å². The zero-order valence-corrected chi connectivity index (χ0v) is 7.83. The van der Waals surface area contributed by atoms with Crippen LogP contribution in [0.2, 0.25) is 0 Å². The second-order valence-electron chi connectivity index (χ2n) is 2.47. The number of hydrazone groups is 1. The van der Waals surface area contributed by atoms with Gasteiger partial charge in [-0.2, -0.15) is 5.10 Å². The monoisotopic (exact) mass is 170 g/mol. The lowest BCUT2D eigenvalue weighted by atomic mass is 10.5. The Labute approximate surface area is 74.1 Å². The second kappa shape index (κ2) is 8.23. The van der Waals surface area contributed by atoms with Gasteiger partial charge < -0.3 is 10.6 Å². The lowest BCUT2D eigenvalue weighted by Gasteiger charge is -2.11. The Kier molecular flexibility index (Phi) is 7.63. The van der Waals surface area contributed by atoms with Crippen LogP contribution >= 0.6 is 0 Å². The van der Waals surface area contributed by atoms with Crippen molar-refractivity contribution in [3.8, 4) is 0 Å². The van der Waals surface area contributed by atoms with E-state index in [-0.39, 0.29) is 0 Å². The third-order valence-corrected chi connectivity index (χ3v) is 1.32. The van der Waals surface area contributed by atoms with Gasteiger partial charge in [-0.15, -0.1) is 0 Å². The average Bonchev–Trinajstić information content (AvgIpc) is 2.05. The molecule has 0 heterocycles. The first-order valence-corrected chi connectivity index (χ1v) is 4.08. The van der Waals surface area contributed by atoms with Crippen molar-refractivity contribution < 1.29 is 0 Å². The molecule has 0 spiro atoms. The number of rotatable bonds is 6. The first kappa shape index (κ1) is 11.1. The summed E-state index contributed by atoms with van der Waals surface area (Å²) < 4.78 is 0. The Morgan fingerprint density at radius 2 is 2.33 bits per heavy atom. The molecule has 0 radical (unpaired) electrons. The third kappa shape index (κ3) is 7.24. The van der Waals surface area contributed by atoms with Crippen LogP contribution in [0.15, 0.2) is 17.4 Å². The van der Waals surface area contributed by atoms with Crippen LogP contribution in [-0.2, 0) is 0 Å². The highest BCUT2D eigenvalue weighted by molar-refractivity contribution is 5.52. The SMILES string of the molecule is C/C=N/N/C=C/CN(C)CCN. The molecule has 0 aromatic heterocycles. The minimum atomic E-state index is 0.699. The van der Waals surface area contributed by atoms with E-state index in [1.807, 2.05) is 26.2 Å². The van der Waals surface area contributed by atoms with Gasteiger partial charge in [-0.1, -0.05) is 6.08 Å². The standard InChI is InChI=1S/C8H18N4/c1-3-10-11-6-4-7-12(2)8-5-9/h3-4,6,11H,5,7-9H2,1-2H3/b6-4+,10-3+. The molecular formula is C8H18N4. The first-order chi connectivity index (χ1) is 5.81. The molecule has 70 valence electrons. The highest BCUT2D eigenvalue weighted by Gasteiger charge is 1.89. The summed E-state index contributed by atoms with van der Waals surface area (Å²) in [6.45, 7) is 4.37. The maximum atomic E-state index is 5.38. The Balaban J connectivity index is 3.33. The zero-order valence-electron chi connectivity index (χ0n) is 7.83. The van der Waals surface area contributed by atoms with Crippen molar-refractivity contribution >= 4 is 6.21 Å². The lowest BCUT2D eigenvalue weighted by molar-refractivity contribution is 0.380. The van der Waals surface area contributed by atoms with Crippen molar-refractivity contribution in [3.05, 3.63) is 12.3 Å². The Morgan fingerprint density at radius 3 is 2.92 bits per heavy atom. The topological polar surface area (TPSA) is 53.7 Å². The van der Waals surface area contributed by atoms with Gasteiger partial charge >= 0.3 is 0 Å². The first-order valence-electron chi connectivity index (χ1n) is 4.08. The minimum Gasteiger partial charge on any atom is -0.329 e. The van der Waals surface area contributed by atoms with E-state index in [4.69, 9.17) is 5.73 Å². The predicted octanol–water partition coefficient (Wildman–Crippen LogP) is -0.0141. The molecule has 0 saturated carbocycles. The number of nitrogens with zero attached hydrogens (tertiary/aromatic N) is 2. The largest absolute Gasteiger partial charge is 0.329 e. The summed E-state index contributed by atoms with van der Waals surface area (Å²) in [7, 11) is 2.03. The van der Waals surface area contributed by atoms with Crippen LogP contribution in [0.4, 0.5) is 0 Å². The molecule has 12 heavy (non-hydrogen) atoms. The van der Waals surface area contributed by atoms with Crippen LogP contribution in [-0.4, -0.2) is 37.8 Å². The van der Waals surface area contributed by atoms with E-state index in [2.05, 4.69) is 15.4 Å². The van der Waals surface area contributed by atoms with Gasteiger partial charge in [0.05, 0.1) is 0 Å². The van der Waals surface area contributed by atoms with Crippen molar-refractivity contribution in [2.45, 2.75) is 6.92 Å². The number of hydrogen-bond acceptors (Lipinski definition) is 4. The number of nitrogens with one attached hydrogen (secondary N) is 1. The van der Waals surface area contributed by atoms with Crippen LogP contribution in [0.3, 0.4) is 0 Å². The van der Waals surface area contributed by atoms with Gasteiger partial charge in [0.2, 0.25) is 0 Å². The molecule has 0 bridgehead atoms. The van der Waals surface area contributed by atoms with Crippen molar-refractivity contribution in [1.82, 2.24) is 10.3 Å². The summed E-state index contributed by atoms with van der Waals surface area (Å²) in [4.78, 5) is 2.13. The van der Waals surface area contributed by atoms with Crippen LogP contribution in [0.5, 0.6) is 0 Å². The molecule has 0 amide bonds. The maximum absolute atomic E-state index is 5.38. The summed E-state index contributed by atoms with van der Waals surface area (Å²) in [5, 5.41) is 3.81. The Hall–Kier alpha value is -0.870. The molecule has 0 aromatic rings. The van der Waals surface area contributed by atoms with E-state index in [0.29, 0.717) is 6.54 Å². The van der Waals surface area contributed by atoms with Gasteiger partial charge in [-0.25, -0.2) is 0 Å². The summed E-state index contributed by atoms with van der Waals surface area (Å²) in [6.07, 6.45) is 5.52. The van der Waals surface area contributed by atoms with Crippen molar-refractivity contribution in [2.24, 2.45) is 10.8 Å². The normalized spacial score (nSPS) is 12.0. The Morgan fingerprint density at radius 1 is 1.58 bits per heavy atom. The van der Waals surface area contributed by atoms with Crippen molar-refractivity contribution in [3.63, 3.8) is 0 Å². The van der Waals surface area contributed by atoms with Gasteiger partial charge in [0.25, 0.3) is 0 Å². The van der Waals surface area contributed by atoms with Crippen LogP contribution < -0.4 is 11.2 Å². The summed E-state index contributed by atoms with van der Waals surface area (Å²) in [6, 6.07) is 0. The van der Waals surface area contributed by atoms with Gasteiger partial charge in [-0.05, 0) is 14.0 Å². The number of hydrogen-bond donors (Lipinski definition) is 2. The smallest absolute Gasteiger partial charge is 0.0215 e. The number of likely N-dealkylation sites (N-methyl/N-ethyl adjacent to an activating group) is 1. The van der Waals surface area contributed by atoms with Gasteiger partial charge in [0.1, 0.15) is 0 Å². The quantitative estimate of drug-likeness (QED) is 0.435. The average molecular weight is 170 g/mol. The van der Waals surface area contributed by atoms with E-state index in [1.54, 1.807) is 6.21 Å². The molecule has 0 fully saturated rings. The van der Waals surface area contributed by atoms with E-state index in [0.717, 1.165) is 13.1 Å². The van der Waals surface area contributed by atoms with E-state index >= 15 is 0 Å². The summed E-state index contributed by atoms with van der Waals surface area (Å²) in [5.41, 5.74) is 8.14. The fraction of sp³-hybridized carbons (Fsp3) is 0.625. The molecule has 0 aliphatic carbocycles. The van der Waals surface area contributed by atoms with Gasteiger partial charge in [0.15, 0.2) is 0 Å². The molecule has 0 atom stereocenters. The second-order valence-corrected chi connectivity index (χ2v) is 2.47. The summed E-state index contributed by atoms with van der Waals surface area (Å²) >= 11 is 0. The molecular weight excluding hydrogens is 152 g/mol. The van der Waals surface area contributed by atoms with Crippen molar-refractivity contribution in [2.75, 3.05) is 26.7 Å². The van der Waals surface area contributed by atoms with Gasteiger partial charge in [0, 0.05) is 32.0 Å². The lowest BCUT2D eigenvalue weighted by Crippen LogP contribution is -2.25. The van der Waals surface area contributed by atoms with Crippen LogP contribution in [0.1, 0.15) is 6.92 Å². The fourth-order valence-corrected chi connectivity index (χ4v) is 0.715. The molecule has 0 saturated heterocycles. The predicted molar refractivity (Wildman–Crippen MR) is 53.0 cm³/mol. The molecule has 0 unspecified atom stereocenters. The molecule has 0 aromatic carbocycles. The molecule has 3 N–H and O–H groups in total. The highest BCUT2D eigenvalue weighted by Crippen LogP contribution is 1.80. The highest BCUT2D eigenvalue weighted by atomic mass is 15.3. The maximum Gasteiger partial charge on any atom is 0.0215 e. The van der Waals surface area contributed by atoms with Gasteiger partial charge in [-0.3, -0.25) is 5.43 Å². The Bertz CT molecular complexity index is 142. The summed E-state index contributed by atoms with van der Waals surface area (Å²) in [5.74, 6) is 0. The third-order valence-electron chi connectivity index (χ3n) is 1.32. The van der Waals surface area contributed by atoms with E-state index in [1.165, 1.54) is 0 Å².